The van der Waals surface area contributed by atoms with Gasteiger partial charge in [-0.25, -0.2) is 9.97 Å². The maximum Gasteiger partial charge on any atom is 0.274 e. The summed E-state index contributed by atoms with van der Waals surface area (Å²) in [4.78, 5) is 22.8. The normalized spacial score (nSPS) is 14.4. The predicted octanol–water partition coefficient (Wildman–Crippen LogP) is 1.34. The molecule has 0 bridgehead atoms. The standard InChI is InChI=1S/C18H20N6O2/c19-12-14-2-1-3-15(10-14)23-18(25)16-11-17(22-13-21-16)20-4-5-24-6-8-26-9-7-24/h1-3,10-11,13H,4-9H2,(H,23,25)(H,20,21,22). The van der Waals surface area contributed by atoms with Gasteiger partial charge < -0.3 is 15.4 Å². The number of amides is 1. The fraction of sp³-hybridized carbons (Fsp3) is 0.333. The van der Waals surface area contributed by atoms with Crippen molar-refractivity contribution in [3.63, 3.8) is 0 Å². The van der Waals surface area contributed by atoms with Crippen molar-refractivity contribution in [1.82, 2.24) is 14.9 Å². The van der Waals surface area contributed by atoms with Gasteiger partial charge in [0.05, 0.1) is 24.8 Å². The molecule has 0 atom stereocenters. The lowest BCUT2D eigenvalue weighted by Crippen LogP contribution is -2.39. The van der Waals surface area contributed by atoms with Gasteiger partial charge >= 0.3 is 0 Å². The van der Waals surface area contributed by atoms with Crippen LogP contribution in [0.4, 0.5) is 11.5 Å². The molecule has 26 heavy (non-hydrogen) atoms. The molecule has 2 aromatic rings. The van der Waals surface area contributed by atoms with Gasteiger partial charge in [-0.05, 0) is 18.2 Å². The van der Waals surface area contributed by atoms with Gasteiger partial charge in [0.25, 0.3) is 5.91 Å². The molecule has 0 spiro atoms. The third-order valence-electron chi connectivity index (χ3n) is 3.99. The minimum atomic E-state index is -0.348. The number of hydrogen-bond acceptors (Lipinski definition) is 7. The monoisotopic (exact) mass is 352 g/mol. The molecule has 1 aromatic heterocycles. The minimum absolute atomic E-state index is 0.260. The number of nitrogens with zero attached hydrogens (tertiary/aromatic N) is 4. The highest BCUT2D eigenvalue weighted by Crippen LogP contribution is 2.12. The second-order valence-corrected chi connectivity index (χ2v) is 5.82. The Hall–Kier alpha value is -3.02. The Morgan fingerprint density at radius 1 is 1.27 bits per heavy atom. The van der Waals surface area contributed by atoms with Crippen LogP contribution in [-0.2, 0) is 4.74 Å². The molecule has 0 saturated carbocycles. The summed E-state index contributed by atoms with van der Waals surface area (Å²) in [5, 5.41) is 14.9. The molecule has 8 nitrogen and oxygen atoms in total. The molecule has 8 heteroatoms. The minimum Gasteiger partial charge on any atom is -0.379 e. The lowest BCUT2D eigenvalue weighted by atomic mass is 10.2. The van der Waals surface area contributed by atoms with Crippen LogP contribution in [0.25, 0.3) is 0 Å². The van der Waals surface area contributed by atoms with Crippen LogP contribution in [0, 0.1) is 11.3 Å². The van der Waals surface area contributed by atoms with E-state index in [9.17, 15) is 4.79 Å². The zero-order valence-corrected chi connectivity index (χ0v) is 14.3. The average molecular weight is 352 g/mol. The summed E-state index contributed by atoms with van der Waals surface area (Å²) in [6.07, 6.45) is 1.36. The second-order valence-electron chi connectivity index (χ2n) is 5.82. The number of ether oxygens (including phenoxy) is 1. The number of anilines is 2. The van der Waals surface area contributed by atoms with Crippen LogP contribution in [0.15, 0.2) is 36.7 Å². The highest BCUT2D eigenvalue weighted by molar-refractivity contribution is 6.03. The van der Waals surface area contributed by atoms with Gasteiger partial charge in [-0.2, -0.15) is 5.26 Å². The van der Waals surface area contributed by atoms with Gasteiger partial charge in [0.2, 0.25) is 0 Å². The maximum absolute atomic E-state index is 12.4. The van der Waals surface area contributed by atoms with Gasteiger partial charge in [-0.1, -0.05) is 6.07 Å². The number of carbonyl (C=O) groups is 1. The summed E-state index contributed by atoms with van der Waals surface area (Å²) in [5.74, 6) is 0.253. The topological polar surface area (TPSA) is 103 Å². The van der Waals surface area contributed by atoms with Crippen LogP contribution in [0.1, 0.15) is 16.1 Å². The molecule has 134 valence electrons. The molecule has 0 unspecified atom stereocenters. The number of hydrogen-bond donors (Lipinski definition) is 2. The van der Waals surface area contributed by atoms with E-state index in [1.807, 2.05) is 6.07 Å². The van der Waals surface area contributed by atoms with E-state index in [4.69, 9.17) is 10.00 Å². The first kappa shape index (κ1) is 17.8. The van der Waals surface area contributed by atoms with Gasteiger partial charge in [0, 0.05) is 37.9 Å². The lowest BCUT2D eigenvalue weighted by Gasteiger charge is -2.26. The summed E-state index contributed by atoms with van der Waals surface area (Å²) in [6, 6.07) is 10.4. The first-order valence-corrected chi connectivity index (χ1v) is 8.42. The van der Waals surface area contributed by atoms with Crippen molar-refractivity contribution >= 4 is 17.4 Å². The maximum atomic E-state index is 12.4. The molecule has 1 aliphatic rings. The molecule has 2 N–H and O–H groups in total. The molecule has 1 aliphatic heterocycles. The Bertz CT molecular complexity index is 798. The molecule has 1 fully saturated rings. The largest absolute Gasteiger partial charge is 0.379 e. The van der Waals surface area contributed by atoms with E-state index in [0.29, 0.717) is 17.1 Å². The van der Waals surface area contributed by atoms with Crippen molar-refractivity contribution in [2.75, 3.05) is 50.0 Å². The van der Waals surface area contributed by atoms with Crippen molar-refractivity contribution in [2.24, 2.45) is 0 Å². The molecule has 1 amide bonds. The van der Waals surface area contributed by atoms with Crippen LogP contribution in [0.2, 0.25) is 0 Å². The summed E-state index contributed by atoms with van der Waals surface area (Å²) in [5.41, 5.74) is 1.29. The molecular formula is C18H20N6O2. The summed E-state index contributed by atoms with van der Waals surface area (Å²) in [6.45, 7) is 5.01. The SMILES string of the molecule is N#Cc1cccc(NC(=O)c2cc(NCCN3CCOCC3)ncn2)c1. The van der Waals surface area contributed by atoms with Gasteiger partial charge in [0.15, 0.2) is 0 Å². The Labute approximate surface area is 151 Å². The van der Waals surface area contributed by atoms with Crippen molar-refractivity contribution < 1.29 is 9.53 Å². The number of nitrogens with one attached hydrogen (secondary N) is 2. The fourth-order valence-corrected chi connectivity index (χ4v) is 2.61. The van der Waals surface area contributed by atoms with E-state index in [0.717, 1.165) is 39.4 Å². The van der Waals surface area contributed by atoms with Crippen LogP contribution < -0.4 is 10.6 Å². The first-order valence-electron chi connectivity index (χ1n) is 8.42. The number of aromatic nitrogens is 2. The number of carbonyl (C=O) groups excluding carboxylic acids is 1. The van der Waals surface area contributed by atoms with Gasteiger partial charge in [0.1, 0.15) is 17.8 Å². The van der Waals surface area contributed by atoms with E-state index in [-0.39, 0.29) is 11.6 Å². The molecular weight excluding hydrogens is 332 g/mol. The van der Waals surface area contributed by atoms with E-state index in [1.54, 1.807) is 30.3 Å². The lowest BCUT2D eigenvalue weighted by molar-refractivity contribution is 0.0398. The van der Waals surface area contributed by atoms with E-state index in [1.165, 1.54) is 6.33 Å². The van der Waals surface area contributed by atoms with E-state index >= 15 is 0 Å². The average Bonchev–Trinajstić information content (AvgIpc) is 2.69. The molecule has 3 rings (SSSR count). The second kappa shape index (κ2) is 8.89. The van der Waals surface area contributed by atoms with Crippen LogP contribution in [-0.4, -0.2) is 60.2 Å². The first-order chi connectivity index (χ1) is 12.7. The summed E-state index contributed by atoms with van der Waals surface area (Å²) < 4.78 is 5.32. The Morgan fingerprint density at radius 2 is 2.12 bits per heavy atom. The van der Waals surface area contributed by atoms with Crippen molar-refractivity contribution in [3.05, 3.63) is 47.9 Å². The zero-order valence-electron chi connectivity index (χ0n) is 14.3. The fourth-order valence-electron chi connectivity index (χ4n) is 2.61. The smallest absolute Gasteiger partial charge is 0.274 e. The van der Waals surface area contributed by atoms with Crippen molar-refractivity contribution in [2.45, 2.75) is 0 Å². The highest BCUT2D eigenvalue weighted by Gasteiger charge is 2.11. The van der Waals surface area contributed by atoms with Crippen molar-refractivity contribution in [1.29, 1.82) is 5.26 Å². The molecule has 2 heterocycles. The molecule has 1 saturated heterocycles. The Kier molecular flexibility index (Phi) is 6.09. The van der Waals surface area contributed by atoms with Gasteiger partial charge in [-0.3, -0.25) is 9.69 Å². The summed E-state index contributed by atoms with van der Waals surface area (Å²) in [7, 11) is 0. The Balaban J connectivity index is 1.55. The van der Waals surface area contributed by atoms with Crippen LogP contribution in [0.3, 0.4) is 0 Å². The summed E-state index contributed by atoms with van der Waals surface area (Å²) >= 11 is 0. The Morgan fingerprint density at radius 3 is 2.92 bits per heavy atom. The third-order valence-corrected chi connectivity index (χ3v) is 3.99. The molecule has 0 aliphatic carbocycles. The van der Waals surface area contributed by atoms with Gasteiger partial charge in [-0.15, -0.1) is 0 Å². The highest BCUT2D eigenvalue weighted by atomic mass is 16.5. The molecule has 0 radical (unpaired) electrons. The zero-order chi connectivity index (χ0) is 18.2. The quantitative estimate of drug-likeness (QED) is 0.809. The van der Waals surface area contributed by atoms with Crippen LogP contribution >= 0.6 is 0 Å². The van der Waals surface area contributed by atoms with Crippen molar-refractivity contribution in [3.8, 4) is 6.07 Å². The van der Waals surface area contributed by atoms with E-state index < -0.39 is 0 Å². The van der Waals surface area contributed by atoms with Crippen LogP contribution in [0.5, 0.6) is 0 Å². The number of nitriles is 1. The molecule has 1 aromatic carbocycles. The predicted molar refractivity (Wildman–Crippen MR) is 96.9 cm³/mol. The number of rotatable bonds is 6. The number of benzene rings is 1. The van der Waals surface area contributed by atoms with E-state index in [2.05, 4.69) is 25.5 Å². The number of morpholine rings is 1. The third kappa shape index (κ3) is 4.99.